The van der Waals surface area contributed by atoms with Gasteiger partial charge in [0.25, 0.3) is 0 Å². The first-order valence-electron chi connectivity index (χ1n) is 6.44. The third kappa shape index (κ3) is 3.78. The minimum atomic E-state index is -0.186. The molecule has 18 heavy (non-hydrogen) atoms. The number of benzene rings is 1. The summed E-state index contributed by atoms with van der Waals surface area (Å²) in [6.45, 7) is 2.09. The maximum atomic E-state index is 13.2. The van der Waals surface area contributed by atoms with E-state index in [4.69, 9.17) is 0 Å². The predicted octanol–water partition coefficient (Wildman–Crippen LogP) is 4.73. The lowest BCUT2D eigenvalue weighted by molar-refractivity contribution is 0.137. The summed E-state index contributed by atoms with van der Waals surface area (Å²) >= 11 is 6.79. The highest BCUT2D eigenvalue weighted by Crippen LogP contribution is 2.24. The molecule has 1 nitrogen and oxygen atoms in total. The number of rotatable bonds is 4. The average Bonchev–Trinajstić information content (AvgIpc) is 2.37. The van der Waals surface area contributed by atoms with E-state index in [0.29, 0.717) is 10.5 Å². The third-order valence-corrected chi connectivity index (χ3v) is 4.63. The molecule has 1 aromatic carbocycles. The van der Waals surface area contributed by atoms with E-state index in [2.05, 4.69) is 36.8 Å². The normalized spacial score (nSPS) is 21.2. The fraction of sp³-hybridized carbons (Fsp3) is 0.571. The molecule has 0 amide bonds. The largest absolute Gasteiger partial charge is 0.296 e. The van der Waals surface area contributed by atoms with Crippen molar-refractivity contribution in [2.45, 2.75) is 38.3 Å². The molecule has 1 unspecified atom stereocenters. The van der Waals surface area contributed by atoms with Crippen LogP contribution < -0.4 is 0 Å². The number of hydrogen-bond donors (Lipinski definition) is 0. The van der Waals surface area contributed by atoms with Gasteiger partial charge in [-0.3, -0.25) is 4.90 Å². The number of likely N-dealkylation sites (tertiary alicyclic amines) is 1. The lowest BCUT2D eigenvalue weighted by Gasteiger charge is -2.35. The van der Waals surface area contributed by atoms with Crippen molar-refractivity contribution in [1.29, 1.82) is 0 Å². The molecule has 0 spiro atoms. The Morgan fingerprint density at radius 1 is 1.33 bits per heavy atom. The van der Waals surface area contributed by atoms with Gasteiger partial charge < -0.3 is 0 Å². The molecule has 1 atom stereocenters. The number of halogens is 3. The van der Waals surface area contributed by atoms with Gasteiger partial charge >= 0.3 is 0 Å². The van der Waals surface area contributed by atoms with Crippen LogP contribution in [0.4, 0.5) is 4.39 Å². The first-order valence-corrected chi connectivity index (χ1v) is 8.36. The second kappa shape index (κ2) is 7.01. The lowest BCUT2D eigenvalue weighted by atomic mass is 9.99. The maximum absolute atomic E-state index is 13.2. The Hall–Kier alpha value is 0.0700. The molecule has 0 radical (unpaired) electrons. The van der Waals surface area contributed by atoms with E-state index in [9.17, 15) is 4.39 Å². The standard InChI is InChI=1S/C14H18Br2FN/c15-7-6-12-3-1-2-8-18(12)10-11-4-5-14(17)13(16)9-11/h4-5,9,12H,1-3,6-8,10H2. The van der Waals surface area contributed by atoms with Gasteiger partial charge in [0.1, 0.15) is 5.82 Å². The van der Waals surface area contributed by atoms with Crippen molar-refractivity contribution in [2.75, 3.05) is 11.9 Å². The summed E-state index contributed by atoms with van der Waals surface area (Å²) in [6, 6.07) is 6.00. The van der Waals surface area contributed by atoms with E-state index >= 15 is 0 Å². The number of alkyl halides is 1. The predicted molar refractivity (Wildman–Crippen MR) is 80.6 cm³/mol. The minimum Gasteiger partial charge on any atom is -0.296 e. The second-order valence-electron chi connectivity index (χ2n) is 4.85. The monoisotopic (exact) mass is 377 g/mol. The topological polar surface area (TPSA) is 3.24 Å². The van der Waals surface area contributed by atoms with Crippen LogP contribution in [0.15, 0.2) is 22.7 Å². The van der Waals surface area contributed by atoms with Crippen LogP contribution in [0.1, 0.15) is 31.2 Å². The van der Waals surface area contributed by atoms with Crippen LogP contribution in [0.5, 0.6) is 0 Å². The van der Waals surface area contributed by atoms with Crippen molar-refractivity contribution in [1.82, 2.24) is 4.90 Å². The molecule has 2 rings (SSSR count). The van der Waals surface area contributed by atoms with E-state index in [-0.39, 0.29) is 5.82 Å². The highest BCUT2D eigenvalue weighted by Gasteiger charge is 2.21. The zero-order chi connectivity index (χ0) is 13.0. The summed E-state index contributed by atoms with van der Waals surface area (Å²) in [6.07, 6.45) is 5.10. The molecule has 4 heteroatoms. The zero-order valence-corrected chi connectivity index (χ0v) is 13.5. The van der Waals surface area contributed by atoms with E-state index in [1.807, 2.05) is 12.1 Å². The van der Waals surface area contributed by atoms with Gasteiger partial charge in [-0.2, -0.15) is 0 Å². The summed E-state index contributed by atoms with van der Waals surface area (Å²) in [7, 11) is 0. The van der Waals surface area contributed by atoms with Gasteiger partial charge in [-0.15, -0.1) is 0 Å². The van der Waals surface area contributed by atoms with E-state index < -0.39 is 0 Å². The van der Waals surface area contributed by atoms with E-state index in [0.717, 1.165) is 18.4 Å². The Kier molecular flexibility index (Phi) is 5.64. The van der Waals surface area contributed by atoms with Crippen LogP contribution in [0, 0.1) is 5.82 Å². The lowest BCUT2D eigenvalue weighted by Crippen LogP contribution is -2.39. The van der Waals surface area contributed by atoms with E-state index in [1.165, 1.54) is 31.2 Å². The summed E-state index contributed by atoms with van der Waals surface area (Å²) in [5.74, 6) is -0.186. The molecule has 100 valence electrons. The molecular weight excluding hydrogens is 361 g/mol. The van der Waals surface area contributed by atoms with Crippen molar-refractivity contribution in [3.05, 3.63) is 34.1 Å². The van der Waals surface area contributed by atoms with Crippen molar-refractivity contribution in [3.63, 3.8) is 0 Å². The second-order valence-corrected chi connectivity index (χ2v) is 6.49. The molecule has 1 aromatic rings. The fourth-order valence-corrected chi connectivity index (χ4v) is 3.55. The van der Waals surface area contributed by atoms with Crippen LogP contribution in [0.2, 0.25) is 0 Å². The molecule has 0 aliphatic carbocycles. The van der Waals surface area contributed by atoms with Gasteiger partial charge in [0.2, 0.25) is 0 Å². The SMILES string of the molecule is Fc1ccc(CN2CCCCC2CCBr)cc1Br. The van der Waals surface area contributed by atoms with Crippen molar-refractivity contribution in [2.24, 2.45) is 0 Å². The van der Waals surface area contributed by atoms with Crippen molar-refractivity contribution < 1.29 is 4.39 Å². The molecule has 0 aromatic heterocycles. The highest BCUT2D eigenvalue weighted by atomic mass is 79.9. The highest BCUT2D eigenvalue weighted by molar-refractivity contribution is 9.10. The Morgan fingerprint density at radius 2 is 2.17 bits per heavy atom. The minimum absolute atomic E-state index is 0.186. The molecular formula is C14H18Br2FN. The number of nitrogens with zero attached hydrogens (tertiary/aromatic N) is 1. The number of hydrogen-bond acceptors (Lipinski definition) is 1. The number of piperidine rings is 1. The third-order valence-electron chi connectivity index (χ3n) is 3.56. The van der Waals surface area contributed by atoms with Gasteiger partial charge in [0.15, 0.2) is 0 Å². The van der Waals surface area contributed by atoms with Crippen LogP contribution in [0.3, 0.4) is 0 Å². The molecule has 0 saturated carbocycles. The Balaban J connectivity index is 2.03. The summed E-state index contributed by atoms with van der Waals surface area (Å²) in [5.41, 5.74) is 1.18. The molecule has 1 aliphatic heterocycles. The van der Waals surface area contributed by atoms with Crippen LogP contribution in [0.25, 0.3) is 0 Å². The molecule has 0 N–H and O–H groups in total. The van der Waals surface area contributed by atoms with Crippen molar-refractivity contribution in [3.8, 4) is 0 Å². The Labute approximate surface area is 125 Å². The van der Waals surface area contributed by atoms with Gasteiger partial charge in [0, 0.05) is 17.9 Å². The Bertz CT molecular complexity index is 395. The fourth-order valence-electron chi connectivity index (χ4n) is 2.59. The molecule has 0 bridgehead atoms. The molecule has 1 aliphatic rings. The Morgan fingerprint density at radius 3 is 2.89 bits per heavy atom. The van der Waals surface area contributed by atoms with Gasteiger partial charge in [-0.05, 0) is 59.4 Å². The molecule has 1 saturated heterocycles. The van der Waals surface area contributed by atoms with Crippen LogP contribution in [-0.2, 0) is 6.54 Å². The summed E-state index contributed by atoms with van der Waals surface area (Å²) < 4.78 is 13.8. The smallest absolute Gasteiger partial charge is 0.137 e. The molecule has 1 fully saturated rings. The van der Waals surface area contributed by atoms with Gasteiger partial charge in [0.05, 0.1) is 4.47 Å². The first kappa shape index (κ1) is 14.5. The van der Waals surface area contributed by atoms with Gasteiger partial charge in [-0.25, -0.2) is 4.39 Å². The van der Waals surface area contributed by atoms with Crippen LogP contribution >= 0.6 is 31.9 Å². The average molecular weight is 379 g/mol. The maximum Gasteiger partial charge on any atom is 0.137 e. The first-order chi connectivity index (χ1) is 8.70. The summed E-state index contributed by atoms with van der Waals surface area (Å²) in [5, 5.41) is 1.06. The van der Waals surface area contributed by atoms with Crippen LogP contribution in [-0.4, -0.2) is 22.8 Å². The quantitative estimate of drug-likeness (QED) is 0.684. The zero-order valence-electron chi connectivity index (χ0n) is 10.3. The molecule has 1 heterocycles. The summed E-state index contributed by atoms with van der Waals surface area (Å²) in [4.78, 5) is 2.53. The van der Waals surface area contributed by atoms with Crippen molar-refractivity contribution >= 4 is 31.9 Å². The van der Waals surface area contributed by atoms with Gasteiger partial charge in [-0.1, -0.05) is 28.4 Å². The van der Waals surface area contributed by atoms with E-state index in [1.54, 1.807) is 6.07 Å².